The molecule has 0 unspecified atom stereocenters. The summed E-state index contributed by atoms with van der Waals surface area (Å²) >= 11 is 0. The molecule has 29 heavy (non-hydrogen) atoms. The summed E-state index contributed by atoms with van der Waals surface area (Å²) in [5, 5.41) is 0.525. The normalized spacial score (nSPS) is 14.5. The van der Waals surface area contributed by atoms with Crippen molar-refractivity contribution in [2.75, 3.05) is 13.2 Å². The molecule has 0 bridgehead atoms. The second-order valence-electron chi connectivity index (χ2n) is 11.3. The molecule has 0 aliphatic rings. The average molecular weight is 439 g/mol. The molecule has 0 saturated carbocycles. The van der Waals surface area contributed by atoms with E-state index in [1.54, 1.807) is 0 Å². The van der Waals surface area contributed by atoms with Gasteiger partial charge in [0, 0.05) is 19.6 Å². The van der Waals surface area contributed by atoms with E-state index in [0.717, 1.165) is 44.0 Å². The minimum absolute atomic E-state index is 0.260. The first-order valence-electron chi connectivity index (χ1n) is 11.1. The molecule has 168 valence electrons. The number of hydrogen-bond donors (Lipinski definition) is 0. The van der Waals surface area contributed by atoms with E-state index >= 15 is 0 Å². The van der Waals surface area contributed by atoms with Crippen molar-refractivity contribution in [3.8, 4) is 0 Å². The third-order valence-electron chi connectivity index (χ3n) is 6.72. The molecule has 0 radical (unpaired) electrons. The lowest BCUT2D eigenvalue weighted by atomic mass is 10.2. The highest BCUT2D eigenvalue weighted by Gasteiger charge is 2.37. The predicted molar refractivity (Wildman–Crippen MR) is 132 cm³/mol. The van der Waals surface area contributed by atoms with Crippen molar-refractivity contribution >= 4 is 22.2 Å². The Morgan fingerprint density at radius 3 is 1.93 bits per heavy atom. The van der Waals surface area contributed by atoms with Crippen LogP contribution in [0.2, 0.25) is 36.3 Å². The van der Waals surface area contributed by atoms with Gasteiger partial charge in [-0.05, 0) is 73.7 Å². The maximum atomic E-state index is 6.26. The fraction of sp³-hybridized carbons (Fsp3) is 0.750. The molecule has 0 spiro atoms. The van der Waals surface area contributed by atoms with Gasteiger partial charge in [0.05, 0.1) is 0 Å². The van der Waals surface area contributed by atoms with Crippen molar-refractivity contribution in [2.24, 2.45) is 0 Å². The number of aryl methyl sites for hydroxylation is 1. The van der Waals surface area contributed by atoms with Gasteiger partial charge in [-0.3, -0.25) is 0 Å². The van der Waals surface area contributed by atoms with Gasteiger partial charge in [-0.15, -0.1) is 0 Å². The van der Waals surface area contributed by atoms with Crippen molar-refractivity contribution < 1.29 is 13.3 Å². The predicted octanol–water partition coefficient (Wildman–Crippen LogP) is 8.05. The van der Waals surface area contributed by atoms with Gasteiger partial charge in [0.2, 0.25) is 0 Å². The Morgan fingerprint density at radius 2 is 1.41 bits per heavy atom. The van der Waals surface area contributed by atoms with Crippen molar-refractivity contribution in [3.63, 3.8) is 0 Å². The minimum Gasteiger partial charge on any atom is -0.461 e. The highest BCUT2D eigenvalue weighted by molar-refractivity contribution is 6.74. The van der Waals surface area contributed by atoms with E-state index in [-0.39, 0.29) is 10.1 Å². The quantitative estimate of drug-likeness (QED) is 0.273. The van der Waals surface area contributed by atoms with E-state index in [2.05, 4.69) is 92.9 Å². The lowest BCUT2D eigenvalue weighted by Crippen LogP contribution is -2.41. The van der Waals surface area contributed by atoms with Crippen LogP contribution in [0.1, 0.15) is 72.8 Å². The second-order valence-corrected chi connectivity index (χ2v) is 20.9. The second kappa shape index (κ2) is 10.1. The van der Waals surface area contributed by atoms with Gasteiger partial charge in [0.25, 0.3) is 0 Å². The van der Waals surface area contributed by atoms with E-state index in [9.17, 15) is 0 Å². The summed E-state index contributed by atoms with van der Waals surface area (Å²) in [4.78, 5) is 0. The summed E-state index contributed by atoms with van der Waals surface area (Å²) in [7, 11) is -3.31. The lowest BCUT2D eigenvalue weighted by molar-refractivity contribution is 0.279. The van der Waals surface area contributed by atoms with Crippen molar-refractivity contribution in [1.29, 1.82) is 0 Å². The highest BCUT2D eigenvalue weighted by atomic mass is 28.4. The molecule has 1 rings (SSSR count). The Kier molecular flexibility index (Phi) is 9.22. The molecule has 0 fully saturated rings. The first-order chi connectivity index (χ1) is 13.1. The molecule has 1 heterocycles. The van der Waals surface area contributed by atoms with Crippen LogP contribution in [-0.4, -0.2) is 29.8 Å². The van der Waals surface area contributed by atoms with Gasteiger partial charge >= 0.3 is 0 Å². The van der Waals surface area contributed by atoms with E-state index < -0.39 is 16.6 Å². The summed E-state index contributed by atoms with van der Waals surface area (Å²) in [6.45, 7) is 26.6. The first-order valence-corrected chi connectivity index (χ1v) is 16.9. The molecule has 0 saturated heterocycles. The van der Waals surface area contributed by atoms with Crippen LogP contribution in [0.3, 0.4) is 0 Å². The summed E-state index contributed by atoms with van der Waals surface area (Å²) in [5.41, 5.74) is 1.19. The number of rotatable bonds is 10. The van der Waals surface area contributed by atoms with Crippen LogP contribution in [-0.2, 0) is 15.3 Å². The van der Waals surface area contributed by atoms with Crippen molar-refractivity contribution in [3.05, 3.63) is 29.7 Å². The van der Waals surface area contributed by atoms with Gasteiger partial charge in [0.15, 0.2) is 16.6 Å². The summed E-state index contributed by atoms with van der Waals surface area (Å²) in [6.07, 6.45) is 5.09. The van der Waals surface area contributed by atoms with Crippen LogP contribution < -0.4 is 0 Å². The van der Waals surface area contributed by atoms with Crippen LogP contribution in [0.25, 0.3) is 5.57 Å². The standard InChI is InChI=1S/C24H46O3Si2/c1-20(14-12-18-25-28(8,9)23(2,3)4)22-17-16-21(27-22)15-13-19-26-29(10,11)24(5,6)7/h14,16-17H,12-13,15,18-19H2,1-11H3/b20-14-. The first kappa shape index (κ1) is 26.4. The molecule has 0 atom stereocenters. The minimum atomic E-state index is -1.66. The number of allylic oxidation sites excluding steroid dienone is 1. The van der Waals surface area contributed by atoms with E-state index in [0.29, 0.717) is 0 Å². The Labute approximate surface area is 182 Å². The maximum Gasteiger partial charge on any atom is 0.191 e. The molecule has 0 aliphatic heterocycles. The van der Waals surface area contributed by atoms with Gasteiger partial charge in [0.1, 0.15) is 11.5 Å². The maximum absolute atomic E-state index is 6.26. The fourth-order valence-electron chi connectivity index (χ4n) is 2.42. The SMILES string of the molecule is C/C(=C/CCO[Si](C)(C)C(C)(C)C)c1ccc(CCCO[Si](C)(C)C(C)(C)C)o1. The van der Waals surface area contributed by atoms with Crippen molar-refractivity contribution in [2.45, 2.75) is 104 Å². The summed E-state index contributed by atoms with van der Waals surface area (Å²) in [6, 6.07) is 4.19. The fourth-order valence-corrected chi connectivity index (χ4v) is 4.57. The van der Waals surface area contributed by atoms with Crippen LogP contribution in [0.15, 0.2) is 22.6 Å². The zero-order chi connectivity index (χ0) is 22.5. The lowest BCUT2D eigenvalue weighted by Gasteiger charge is -2.36. The molecule has 0 amide bonds. The van der Waals surface area contributed by atoms with Crippen LogP contribution in [0.5, 0.6) is 0 Å². The monoisotopic (exact) mass is 438 g/mol. The molecule has 1 aromatic rings. The van der Waals surface area contributed by atoms with Gasteiger partial charge in [-0.2, -0.15) is 0 Å². The third kappa shape index (κ3) is 8.20. The van der Waals surface area contributed by atoms with E-state index in [4.69, 9.17) is 13.3 Å². The zero-order valence-electron chi connectivity index (χ0n) is 21.0. The van der Waals surface area contributed by atoms with Gasteiger partial charge in [-0.1, -0.05) is 47.6 Å². The van der Waals surface area contributed by atoms with Gasteiger partial charge in [-0.25, -0.2) is 0 Å². The molecule has 1 aromatic heterocycles. The smallest absolute Gasteiger partial charge is 0.191 e. The Balaban J connectivity index is 2.45. The number of furan rings is 1. The summed E-state index contributed by atoms with van der Waals surface area (Å²) in [5.74, 6) is 2.02. The largest absolute Gasteiger partial charge is 0.461 e. The van der Waals surface area contributed by atoms with Crippen molar-refractivity contribution in [1.82, 2.24) is 0 Å². The Morgan fingerprint density at radius 1 is 0.897 bits per heavy atom. The molecule has 0 aliphatic carbocycles. The zero-order valence-corrected chi connectivity index (χ0v) is 23.0. The highest BCUT2D eigenvalue weighted by Crippen LogP contribution is 2.37. The average Bonchev–Trinajstić information content (AvgIpc) is 3.02. The molecule has 0 N–H and O–H groups in total. The molecule has 0 aromatic carbocycles. The topological polar surface area (TPSA) is 31.6 Å². The molecular weight excluding hydrogens is 392 g/mol. The van der Waals surface area contributed by atoms with E-state index in [1.807, 2.05) is 0 Å². The van der Waals surface area contributed by atoms with Crippen LogP contribution in [0.4, 0.5) is 0 Å². The summed E-state index contributed by atoms with van der Waals surface area (Å²) < 4.78 is 18.6. The van der Waals surface area contributed by atoms with E-state index in [1.165, 1.54) is 5.57 Å². The Bertz CT molecular complexity index is 658. The van der Waals surface area contributed by atoms with Gasteiger partial charge < -0.3 is 13.3 Å². The molecular formula is C24H46O3Si2. The molecule has 3 nitrogen and oxygen atoms in total. The van der Waals surface area contributed by atoms with Crippen LogP contribution in [0, 0.1) is 0 Å². The number of hydrogen-bond acceptors (Lipinski definition) is 3. The van der Waals surface area contributed by atoms with Crippen LogP contribution >= 0.6 is 0 Å². The third-order valence-corrected chi connectivity index (χ3v) is 15.8. The molecule has 5 heteroatoms. The Hall–Kier alpha value is -0.626.